The molecule has 2 amide bonds. The first-order valence-corrected chi connectivity index (χ1v) is 3.22. The van der Waals surface area contributed by atoms with E-state index in [0.29, 0.717) is 5.82 Å². The molecule has 1 rings (SSSR count). The second-order valence-electron chi connectivity index (χ2n) is 2.09. The van der Waals surface area contributed by atoms with Crippen molar-refractivity contribution in [2.75, 3.05) is 12.4 Å². The number of aryl methyl sites for hydroxylation is 1. The molecule has 0 saturated heterocycles. The van der Waals surface area contributed by atoms with Gasteiger partial charge in [0.1, 0.15) is 11.6 Å². The molecule has 0 aliphatic heterocycles. The highest BCUT2D eigenvalue weighted by atomic mass is 16.2. The number of hydrogen-bond donors (Lipinski definition) is 3. The maximum Gasteiger partial charge on any atom is 0.320 e. The fourth-order valence-corrected chi connectivity index (χ4v) is 0.669. The monoisotopic (exact) mass is 154 g/mol. The first-order valence-electron chi connectivity index (χ1n) is 3.22. The quantitative estimate of drug-likeness (QED) is 0.550. The summed E-state index contributed by atoms with van der Waals surface area (Å²) >= 11 is 0. The first-order chi connectivity index (χ1) is 5.22. The average Bonchev–Trinajstić information content (AvgIpc) is 2.35. The standard InChI is InChI=1S/C6H10N4O/c1-4-8-3-5(9-4)10-6(11)7-2/h3H,1-2H3,(H,8,9)(H2,7,10,11). The van der Waals surface area contributed by atoms with Crippen LogP contribution in [0.1, 0.15) is 5.82 Å². The fraction of sp³-hybridized carbons (Fsp3) is 0.333. The lowest BCUT2D eigenvalue weighted by molar-refractivity contribution is 0.254. The molecule has 11 heavy (non-hydrogen) atoms. The van der Waals surface area contributed by atoms with Crippen molar-refractivity contribution >= 4 is 11.8 Å². The van der Waals surface area contributed by atoms with Crippen LogP contribution in [0, 0.1) is 6.92 Å². The molecule has 5 heteroatoms. The molecule has 1 aromatic heterocycles. The minimum absolute atomic E-state index is 0.256. The van der Waals surface area contributed by atoms with Gasteiger partial charge in [0.2, 0.25) is 0 Å². The number of anilines is 1. The zero-order valence-corrected chi connectivity index (χ0v) is 6.43. The van der Waals surface area contributed by atoms with Crippen LogP contribution in [0.25, 0.3) is 0 Å². The molecule has 0 fully saturated rings. The van der Waals surface area contributed by atoms with E-state index in [1.54, 1.807) is 13.2 Å². The third-order valence-electron chi connectivity index (χ3n) is 1.18. The van der Waals surface area contributed by atoms with E-state index in [1.807, 2.05) is 6.92 Å². The Kier molecular flexibility index (Phi) is 2.10. The van der Waals surface area contributed by atoms with E-state index in [9.17, 15) is 4.79 Å². The van der Waals surface area contributed by atoms with Gasteiger partial charge in [-0.1, -0.05) is 0 Å². The third kappa shape index (κ3) is 1.96. The third-order valence-corrected chi connectivity index (χ3v) is 1.18. The Hall–Kier alpha value is -1.52. The summed E-state index contributed by atoms with van der Waals surface area (Å²) in [7, 11) is 1.55. The van der Waals surface area contributed by atoms with Crippen LogP contribution in [0.3, 0.4) is 0 Å². The Balaban J connectivity index is 2.57. The maximum absolute atomic E-state index is 10.7. The molecule has 0 unspecified atom stereocenters. The number of rotatable bonds is 1. The van der Waals surface area contributed by atoms with Crippen molar-refractivity contribution in [3.8, 4) is 0 Å². The molecule has 0 radical (unpaired) electrons. The number of nitrogens with zero attached hydrogens (tertiary/aromatic N) is 1. The number of H-pyrrole nitrogens is 1. The van der Waals surface area contributed by atoms with Crippen LogP contribution in [-0.2, 0) is 0 Å². The van der Waals surface area contributed by atoms with Gasteiger partial charge in [0.05, 0.1) is 6.20 Å². The number of carbonyl (C=O) groups excluding carboxylic acids is 1. The Labute approximate surface area is 64.2 Å². The van der Waals surface area contributed by atoms with Gasteiger partial charge in [-0.15, -0.1) is 0 Å². The molecule has 0 saturated carbocycles. The van der Waals surface area contributed by atoms with Crippen molar-refractivity contribution in [3.63, 3.8) is 0 Å². The summed E-state index contributed by atoms with van der Waals surface area (Å²) in [5.41, 5.74) is 0. The predicted molar refractivity (Wildman–Crippen MR) is 41.4 cm³/mol. The maximum atomic E-state index is 10.7. The van der Waals surface area contributed by atoms with E-state index in [0.717, 1.165) is 5.82 Å². The fourth-order valence-electron chi connectivity index (χ4n) is 0.669. The summed E-state index contributed by atoms with van der Waals surface area (Å²) in [6, 6.07) is -0.256. The Bertz CT molecular complexity index is 255. The van der Waals surface area contributed by atoms with E-state index >= 15 is 0 Å². The molecule has 5 nitrogen and oxygen atoms in total. The second-order valence-corrected chi connectivity index (χ2v) is 2.09. The Morgan fingerprint density at radius 1 is 1.73 bits per heavy atom. The van der Waals surface area contributed by atoms with Crippen molar-refractivity contribution in [2.24, 2.45) is 0 Å². The number of imidazole rings is 1. The van der Waals surface area contributed by atoms with Gasteiger partial charge in [-0.2, -0.15) is 0 Å². The normalized spacial score (nSPS) is 9.27. The van der Waals surface area contributed by atoms with Gasteiger partial charge < -0.3 is 10.3 Å². The van der Waals surface area contributed by atoms with Crippen LogP contribution in [-0.4, -0.2) is 23.0 Å². The van der Waals surface area contributed by atoms with E-state index in [4.69, 9.17) is 0 Å². The van der Waals surface area contributed by atoms with Crippen LogP contribution in [0.4, 0.5) is 10.6 Å². The van der Waals surface area contributed by atoms with Gasteiger partial charge in [-0.25, -0.2) is 9.78 Å². The van der Waals surface area contributed by atoms with Crippen molar-refractivity contribution < 1.29 is 4.79 Å². The summed E-state index contributed by atoms with van der Waals surface area (Å²) in [5.74, 6) is 1.37. The summed E-state index contributed by atoms with van der Waals surface area (Å²) < 4.78 is 0. The highest BCUT2D eigenvalue weighted by molar-refractivity contribution is 5.87. The highest BCUT2D eigenvalue weighted by Crippen LogP contribution is 2.00. The summed E-state index contributed by atoms with van der Waals surface area (Å²) in [6.45, 7) is 1.81. The first kappa shape index (κ1) is 7.59. The zero-order chi connectivity index (χ0) is 8.27. The van der Waals surface area contributed by atoms with E-state index in [-0.39, 0.29) is 6.03 Å². The van der Waals surface area contributed by atoms with Crippen molar-refractivity contribution in [1.82, 2.24) is 15.3 Å². The van der Waals surface area contributed by atoms with Crippen molar-refractivity contribution in [1.29, 1.82) is 0 Å². The highest BCUT2D eigenvalue weighted by Gasteiger charge is 1.99. The van der Waals surface area contributed by atoms with Gasteiger partial charge in [0.15, 0.2) is 0 Å². The number of aromatic nitrogens is 2. The van der Waals surface area contributed by atoms with Gasteiger partial charge in [0.25, 0.3) is 0 Å². The zero-order valence-electron chi connectivity index (χ0n) is 6.43. The number of nitrogens with one attached hydrogen (secondary N) is 3. The molecule has 0 spiro atoms. The van der Waals surface area contributed by atoms with Crippen LogP contribution < -0.4 is 10.6 Å². The number of carbonyl (C=O) groups is 1. The molecule has 1 heterocycles. The van der Waals surface area contributed by atoms with Gasteiger partial charge in [0, 0.05) is 7.05 Å². The molecule has 0 bridgehead atoms. The van der Waals surface area contributed by atoms with Gasteiger partial charge >= 0.3 is 6.03 Å². The van der Waals surface area contributed by atoms with Crippen LogP contribution in [0.2, 0.25) is 0 Å². The lowest BCUT2D eigenvalue weighted by Gasteiger charge is -1.98. The molecular weight excluding hydrogens is 144 g/mol. The number of hydrogen-bond acceptors (Lipinski definition) is 2. The smallest absolute Gasteiger partial charge is 0.320 e. The minimum Gasteiger partial charge on any atom is -0.341 e. The van der Waals surface area contributed by atoms with Crippen LogP contribution in [0.15, 0.2) is 6.20 Å². The molecule has 60 valence electrons. The minimum atomic E-state index is -0.256. The van der Waals surface area contributed by atoms with Crippen LogP contribution >= 0.6 is 0 Å². The van der Waals surface area contributed by atoms with Gasteiger partial charge in [-0.05, 0) is 6.92 Å². The molecule has 3 N–H and O–H groups in total. The Morgan fingerprint density at radius 3 is 2.91 bits per heavy atom. The SMILES string of the molecule is CNC(=O)Nc1cnc(C)[nH]1. The number of amides is 2. The topological polar surface area (TPSA) is 69.8 Å². The lowest BCUT2D eigenvalue weighted by Crippen LogP contribution is -2.24. The molecule has 0 aliphatic carbocycles. The summed E-state index contributed by atoms with van der Waals surface area (Å²) in [6.07, 6.45) is 1.56. The van der Waals surface area contributed by atoms with Crippen molar-refractivity contribution in [2.45, 2.75) is 6.92 Å². The number of urea groups is 1. The average molecular weight is 154 g/mol. The van der Waals surface area contributed by atoms with Gasteiger partial charge in [-0.3, -0.25) is 5.32 Å². The summed E-state index contributed by atoms with van der Waals surface area (Å²) in [4.78, 5) is 17.5. The van der Waals surface area contributed by atoms with Crippen LogP contribution in [0.5, 0.6) is 0 Å². The largest absolute Gasteiger partial charge is 0.341 e. The van der Waals surface area contributed by atoms with E-state index in [1.165, 1.54) is 0 Å². The summed E-state index contributed by atoms with van der Waals surface area (Å²) in [5, 5.41) is 4.97. The Morgan fingerprint density at radius 2 is 2.45 bits per heavy atom. The molecule has 0 atom stereocenters. The van der Waals surface area contributed by atoms with E-state index in [2.05, 4.69) is 20.6 Å². The predicted octanol–water partition coefficient (Wildman–Crippen LogP) is 0.469. The number of aromatic amines is 1. The molecular formula is C6H10N4O. The second kappa shape index (κ2) is 3.05. The lowest BCUT2D eigenvalue weighted by atomic mass is 10.7. The van der Waals surface area contributed by atoms with Crippen molar-refractivity contribution in [3.05, 3.63) is 12.0 Å². The molecule has 1 aromatic rings. The molecule has 0 aliphatic rings. The van der Waals surface area contributed by atoms with E-state index < -0.39 is 0 Å². The molecule has 0 aromatic carbocycles.